The molecule has 2 aromatic carbocycles. The van der Waals surface area contributed by atoms with Crippen LogP contribution >= 0.6 is 0 Å². The number of nitrogens with one attached hydrogen (secondary N) is 1. The van der Waals surface area contributed by atoms with E-state index in [9.17, 15) is 9.59 Å². The predicted molar refractivity (Wildman–Crippen MR) is 84.7 cm³/mol. The van der Waals surface area contributed by atoms with Gasteiger partial charge in [0.15, 0.2) is 12.7 Å². The maximum absolute atomic E-state index is 12.1. The molecule has 0 radical (unpaired) electrons. The first-order valence-electron chi connectivity index (χ1n) is 7.02. The summed E-state index contributed by atoms with van der Waals surface area (Å²) in [7, 11) is 0. The van der Waals surface area contributed by atoms with E-state index in [1.165, 1.54) is 0 Å². The number of carbonyl (C=O) groups is 2. The van der Waals surface area contributed by atoms with Crippen molar-refractivity contribution >= 4 is 17.6 Å². The Morgan fingerprint density at radius 1 is 1.04 bits per heavy atom. The molecular weight excluding hydrogens is 298 g/mol. The molecule has 2 aromatic rings. The third-order valence-corrected chi connectivity index (χ3v) is 2.91. The molecule has 0 unspecified atom stereocenters. The maximum Gasteiger partial charge on any atom is 0.341 e. The van der Waals surface area contributed by atoms with Gasteiger partial charge in [-0.05, 0) is 43.3 Å². The Labute approximate surface area is 133 Å². The smallest absolute Gasteiger partial charge is 0.341 e. The van der Waals surface area contributed by atoms with Gasteiger partial charge in [-0.2, -0.15) is 0 Å². The fourth-order valence-electron chi connectivity index (χ4n) is 1.78. The molecule has 0 fully saturated rings. The summed E-state index contributed by atoms with van der Waals surface area (Å²) in [6, 6.07) is 15.5. The maximum atomic E-state index is 12.1. The minimum Gasteiger partial charge on any atom is -0.482 e. The number of aliphatic carboxylic acids is 1. The Balaban J connectivity index is 1.88. The van der Waals surface area contributed by atoms with Crippen molar-refractivity contribution in [3.8, 4) is 11.5 Å². The van der Waals surface area contributed by atoms with E-state index < -0.39 is 18.7 Å². The van der Waals surface area contributed by atoms with Crippen LogP contribution in [-0.4, -0.2) is 29.7 Å². The second kappa shape index (κ2) is 7.84. The van der Waals surface area contributed by atoms with Crippen LogP contribution in [0.1, 0.15) is 6.92 Å². The first kappa shape index (κ1) is 16.4. The number of ether oxygens (including phenoxy) is 2. The topological polar surface area (TPSA) is 84.9 Å². The van der Waals surface area contributed by atoms with E-state index in [2.05, 4.69) is 5.32 Å². The fraction of sp³-hybridized carbons (Fsp3) is 0.176. The van der Waals surface area contributed by atoms with Gasteiger partial charge in [0, 0.05) is 5.69 Å². The average molecular weight is 315 g/mol. The van der Waals surface area contributed by atoms with Gasteiger partial charge in [-0.3, -0.25) is 4.79 Å². The normalized spacial score (nSPS) is 11.3. The summed E-state index contributed by atoms with van der Waals surface area (Å²) in [5, 5.41) is 11.3. The van der Waals surface area contributed by atoms with Gasteiger partial charge in [0.25, 0.3) is 5.91 Å². The third kappa shape index (κ3) is 5.35. The van der Waals surface area contributed by atoms with Gasteiger partial charge in [-0.15, -0.1) is 0 Å². The Kier molecular flexibility index (Phi) is 5.57. The lowest BCUT2D eigenvalue weighted by Gasteiger charge is -2.14. The van der Waals surface area contributed by atoms with Gasteiger partial charge in [0.2, 0.25) is 0 Å². The molecule has 6 nitrogen and oxygen atoms in total. The van der Waals surface area contributed by atoms with Crippen LogP contribution in [0.3, 0.4) is 0 Å². The molecule has 0 bridgehead atoms. The van der Waals surface area contributed by atoms with E-state index in [4.69, 9.17) is 14.6 Å². The zero-order valence-electron chi connectivity index (χ0n) is 12.6. The lowest BCUT2D eigenvalue weighted by molar-refractivity contribution is -0.139. The second-order valence-corrected chi connectivity index (χ2v) is 4.77. The van der Waals surface area contributed by atoms with E-state index >= 15 is 0 Å². The van der Waals surface area contributed by atoms with E-state index in [0.29, 0.717) is 17.2 Å². The SMILES string of the molecule is C[C@H](Oc1ccccc1)C(=O)Nc1ccc(OCC(=O)O)cc1. The Bertz CT molecular complexity index is 654. The number of carbonyl (C=O) groups excluding carboxylic acids is 1. The number of carboxylic acid groups (broad SMARTS) is 1. The van der Waals surface area contributed by atoms with Gasteiger partial charge in [-0.1, -0.05) is 18.2 Å². The number of anilines is 1. The van der Waals surface area contributed by atoms with Gasteiger partial charge < -0.3 is 19.9 Å². The highest BCUT2D eigenvalue weighted by atomic mass is 16.5. The molecule has 2 N–H and O–H groups in total. The number of para-hydroxylation sites is 1. The first-order chi connectivity index (χ1) is 11.0. The van der Waals surface area contributed by atoms with Crippen LogP contribution in [0.5, 0.6) is 11.5 Å². The van der Waals surface area contributed by atoms with Crippen molar-refractivity contribution in [1.82, 2.24) is 0 Å². The first-order valence-corrected chi connectivity index (χ1v) is 7.02. The Morgan fingerprint density at radius 3 is 2.30 bits per heavy atom. The van der Waals surface area contributed by atoms with E-state index in [0.717, 1.165) is 0 Å². The van der Waals surface area contributed by atoms with Crippen molar-refractivity contribution in [2.45, 2.75) is 13.0 Å². The molecule has 120 valence electrons. The van der Waals surface area contributed by atoms with Crippen LogP contribution in [0.15, 0.2) is 54.6 Å². The van der Waals surface area contributed by atoms with Crippen molar-refractivity contribution in [3.63, 3.8) is 0 Å². The summed E-state index contributed by atoms with van der Waals surface area (Å²) in [4.78, 5) is 22.5. The zero-order valence-corrected chi connectivity index (χ0v) is 12.6. The Morgan fingerprint density at radius 2 is 1.70 bits per heavy atom. The van der Waals surface area contributed by atoms with Gasteiger partial charge in [0.05, 0.1) is 0 Å². The molecule has 0 aliphatic carbocycles. The van der Waals surface area contributed by atoms with Crippen molar-refractivity contribution in [2.24, 2.45) is 0 Å². The van der Waals surface area contributed by atoms with Crippen molar-refractivity contribution in [2.75, 3.05) is 11.9 Å². The summed E-state index contributed by atoms with van der Waals surface area (Å²) in [5.74, 6) is -0.297. The summed E-state index contributed by atoms with van der Waals surface area (Å²) in [6.45, 7) is 1.25. The largest absolute Gasteiger partial charge is 0.482 e. The van der Waals surface area contributed by atoms with Crippen LogP contribution in [0.4, 0.5) is 5.69 Å². The van der Waals surface area contributed by atoms with Crippen LogP contribution in [0, 0.1) is 0 Å². The summed E-state index contributed by atoms with van der Waals surface area (Å²) >= 11 is 0. The fourth-order valence-corrected chi connectivity index (χ4v) is 1.78. The summed E-state index contributed by atoms with van der Waals surface area (Å²) in [6.07, 6.45) is -0.652. The molecule has 1 atom stereocenters. The van der Waals surface area contributed by atoms with Gasteiger partial charge >= 0.3 is 5.97 Å². The number of benzene rings is 2. The standard InChI is InChI=1S/C17H17NO5/c1-12(23-15-5-3-2-4-6-15)17(21)18-13-7-9-14(10-8-13)22-11-16(19)20/h2-10,12H,11H2,1H3,(H,18,21)(H,19,20)/t12-/m0/s1. The van der Waals surface area contributed by atoms with Crippen molar-refractivity contribution in [3.05, 3.63) is 54.6 Å². The molecule has 0 saturated heterocycles. The summed E-state index contributed by atoms with van der Waals surface area (Å²) in [5.41, 5.74) is 0.571. The van der Waals surface area contributed by atoms with Crippen LogP contribution in [0.2, 0.25) is 0 Å². The molecule has 0 spiro atoms. The monoisotopic (exact) mass is 315 g/mol. The Hall–Kier alpha value is -3.02. The van der Waals surface area contributed by atoms with Gasteiger partial charge in [0.1, 0.15) is 11.5 Å². The minimum atomic E-state index is -1.05. The summed E-state index contributed by atoms with van der Waals surface area (Å²) < 4.78 is 10.6. The van der Waals surface area contributed by atoms with Gasteiger partial charge in [-0.25, -0.2) is 4.79 Å². The van der Waals surface area contributed by atoms with Crippen molar-refractivity contribution in [1.29, 1.82) is 0 Å². The quantitative estimate of drug-likeness (QED) is 0.820. The molecule has 0 heterocycles. The molecule has 0 aliphatic heterocycles. The highest BCUT2D eigenvalue weighted by Crippen LogP contribution is 2.17. The molecule has 2 rings (SSSR count). The highest BCUT2D eigenvalue weighted by Gasteiger charge is 2.14. The second-order valence-electron chi connectivity index (χ2n) is 4.77. The number of hydrogen-bond donors (Lipinski definition) is 2. The molecule has 23 heavy (non-hydrogen) atoms. The van der Waals surface area contributed by atoms with Crippen LogP contribution in [-0.2, 0) is 9.59 Å². The predicted octanol–water partition coefficient (Wildman–Crippen LogP) is 2.56. The number of rotatable bonds is 7. The number of hydrogen-bond acceptors (Lipinski definition) is 4. The highest BCUT2D eigenvalue weighted by molar-refractivity contribution is 5.94. The molecule has 0 aliphatic rings. The average Bonchev–Trinajstić information content (AvgIpc) is 2.55. The molecule has 6 heteroatoms. The number of carboxylic acids is 1. The lowest BCUT2D eigenvalue weighted by Crippen LogP contribution is -2.30. The van der Waals surface area contributed by atoms with E-state index in [-0.39, 0.29) is 5.91 Å². The van der Waals surface area contributed by atoms with E-state index in [1.54, 1.807) is 43.3 Å². The minimum absolute atomic E-state index is 0.284. The lowest BCUT2D eigenvalue weighted by atomic mass is 10.2. The van der Waals surface area contributed by atoms with E-state index in [1.807, 2.05) is 18.2 Å². The van der Waals surface area contributed by atoms with Crippen molar-refractivity contribution < 1.29 is 24.2 Å². The molecular formula is C17H17NO5. The molecule has 1 amide bonds. The molecule has 0 saturated carbocycles. The number of amides is 1. The zero-order chi connectivity index (χ0) is 16.7. The van der Waals surface area contributed by atoms with Crippen LogP contribution < -0.4 is 14.8 Å². The third-order valence-electron chi connectivity index (χ3n) is 2.91. The molecule has 0 aromatic heterocycles. The van der Waals surface area contributed by atoms with Crippen LogP contribution in [0.25, 0.3) is 0 Å².